The number of aromatic hydroxyl groups is 1. The zero-order valence-electron chi connectivity index (χ0n) is 24.2. The van der Waals surface area contributed by atoms with Crippen molar-refractivity contribution in [3.05, 3.63) is 59.7 Å². The zero-order chi connectivity index (χ0) is 29.0. The number of carbonyl (C=O) groups is 2. The maximum Gasteiger partial charge on any atom is 0.237 e. The number of aliphatic hydroxyl groups is 1. The number of Topliss-reactive ketones (excluding diaryl/α,β-unsaturated/α-hetero) is 1. The van der Waals surface area contributed by atoms with Crippen molar-refractivity contribution in [1.29, 1.82) is 0 Å². The highest BCUT2D eigenvalue weighted by Crippen LogP contribution is 2.40. The molecule has 2 aliphatic rings. The Labute approximate surface area is 242 Å². The summed E-state index contributed by atoms with van der Waals surface area (Å²) in [5, 5.41) is 25.3. The van der Waals surface area contributed by atoms with Crippen molar-refractivity contribution in [3.63, 3.8) is 0 Å². The van der Waals surface area contributed by atoms with Gasteiger partial charge in [-0.2, -0.15) is 0 Å². The van der Waals surface area contributed by atoms with Crippen LogP contribution in [0.2, 0.25) is 0 Å². The minimum Gasteiger partial charge on any atom is -0.508 e. The Bertz CT molecular complexity index is 1170. The lowest BCUT2D eigenvalue weighted by Gasteiger charge is -2.49. The third-order valence-corrected chi connectivity index (χ3v) is 9.60. The molecule has 5 N–H and O–H groups in total. The molecule has 1 heterocycles. The van der Waals surface area contributed by atoms with Gasteiger partial charge in [-0.05, 0) is 70.6 Å². The number of piperidine rings is 1. The molecule has 7 nitrogen and oxygen atoms in total. The number of rotatable bonds is 9. The van der Waals surface area contributed by atoms with Crippen molar-refractivity contribution in [1.82, 2.24) is 10.2 Å². The standard InChI is InChI=1S/C32H45N3O4S/c1-20-24(15-10-16-27(20)36)28(37)25(19-40-23-13-6-5-7-14-23)29(38)30(33)35-18-22-12-9-8-11-21(22)17-26(35)31(39)34-32(2,3)4/h5-7,10,13-16,21-22,25-26,29-30,36,38H,8-9,11-12,17-19,33H2,1-4H3,(H,34,39). The van der Waals surface area contributed by atoms with Crippen molar-refractivity contribution in [3.8, 4) is 5.75 Å². The van der Waals surface area contributed by atoms with Crippen LogP contribution in [0.3, 0.4) is 0 Å². The third kappa shape index (κ3) is 7.27. The van der Waals surface area contributed by atoms with E-state index >= 15 is 0 Å². The molecule has 1 saturated carbocycles. The molecule has 0 bridgehead atoms. The molecule has 2 aromatic rings. The second kappa shape index (κ2) is 13.1. The van der Waals surface area contributed by atoms with Crippen LogP contribution in [0, 0.1) is 24.7 Å². The first-order valence-electron chi connectivity index (χ1n) is 14.5. The number of thioether (sulfide) groups is 1. The number of nitrogens with zero attached hydrogens (tertiary/aromatic N) is 1. The smallest absolute Gasteiger partial charge is 0.237 e. The average Bonchev–Trinajstić information content (AvgIpc) is 2.93. The Kier molecular flexibility index (Phi) is 9.98. The molecular weight excluding hydrogens is 522 g/mol. The van der Waals surface area contributed by atoms with Gasteiger partial charge in [-0.15, -0.1) is 11.8 Å². The van der Waals surface area contributed by atoms with Crippen LogP contribution in [-0.4, -0.2) is 63.0 Å². The minimum atomic E-state index is -1.21. The maximum atomic E-state index is 14.0. The van der Waals surface area contributed by atoms with Gasteiger partial charge in [0.15, 0.2) is 5.78 Å². The number of hydrogen-bond donors (Lipinski definition) is 4. The fourth-order valence-corrected chi connectivity index (χ4v) is 7.32. The Hall–Kier alpha value is -2.39. The molecule has 0 aromatic heterocycles. The molecule has 1 aliphatic carbocycles. The predicted octanol–water partition coefficient (Wildman–Crippen LogP) is 4.73. The first-order valence-corrected chi connectivity index (χ1v) is 15.5. The number of nitrogens with two attached hydrogens (primary N) is 1. The molecule has 0 spiro atoms. The molecule has 4 rings (SSSR count). The van der Waals surface area contributed by atoms with Crippen LogP contribution in [0.1, 0.15) is 68.8 Å². The van der Waals surface area contributed by atoms with E-state index < -0.39 is 29.8 Å². The molecule has 6 atom stereocenters. The Morgan fingerprint density at radius 2 is 1.75 bits per heavy atom. The lowest BCUT2D eigenvalue weighted by atomic mass is 9.72. The summed E-state index contributed by atoms with van der Waals surface area (Å²) in [6, 6.07) is 14.2. The summed E-state index contributed by atoms with van der Waals surface area (Å²) in [6.45, 7) is 8.22. The van der Waals surface area contributed by atoms with Gasteiger partial charge in [0.05, 0.1) is 24.2 Å². The molecule has 1 saturated heterocycles. The number of fused-ring (bicyclic) bond motifs is 1. The van der Waals surface area contributed by atoms with Gasteiger partial charge in [0.2, 0.25) is 5.91 Å². The Morgan fingerprint density at radius 1 is 1.07 bits per heavy atom. The van der Waals surface area contributed by atoms with E-state index in [4.69, 9.17) is 5.73 Å². The average molecular weight is 568 g/mol. The van der Waals surface area contributed by atoms with Crippen LogP contribution < -0.4 is 11.1 Å². The lowest BCUT2D eigenvalue weighted by molar-refractivity contribution is -0.135. The van der Waals surface area contributed by atoms with E-state index in [1.54, 1.807) is 25.1 Å². The Morgan fingerprint density at radius 3 is 2.42 bits per heavy atom. The number of nitrogens with one attached hydrogen (secondary N) is 1. The lowest BCUT2D eigenvalue weighted by Crippen LogP contribution is -2.65. The highest BCUT2D eigenvalue weighted by molar-refractivity contribution is 7.99. The molecule has 2 fully saturated rings. The quantitative estimate of drug-likeness (QED) is 0.256. The van der Waals surface area contributed by atoms with Crippen molar-refractivity contribution in [2.24, 2.45) is 23.5 Å². The number of ketones is 1. The number of aliphatic hydroxyl groups excluding tert-OH is 1. The number of phenolic OH excluding ortho intramolecular Hbond substituents is 1. The van der Waals surface area contributed by atoms with Crippen LogP contribution in [-0.2, 0) is 4.79 Å². The molecule has 0 radical (unpaired) electrons. The molecule has 40 heavy (non-hydrogen) atoms. The van der Waals surface area contributed by atoms with Gasteiger partial charge >= 0.3 is 0 Å². The summed E-state index contributed by atoms with van der Waals surface area (Å²) in [5.74, 6) is 0.0601. The van der Waals surface area contributed by atoms with Gasteiger partial charge < -0.3 is 21.3 Å². The fourth-order valence-electron chi connectivity index (χ4n) is 6.25. The number of hydrogen-bond acceptors (Lipinski definition) is 7. The second-order valence-electron chi connectivity index (χ2n) is 12.5. The zero-order valence-corrected chi connectivity index (χ0v) is 25.0. The summed E-state index contributed by atoms with van der Waals surface area (Å²) in [7, 11) is 0. The summed E-state index contributed by atoms with van der Waals surface area (Å²) in [5.41, 5.74) is 7.30. The number of benzene rings is 2. The van der Waals surface area contributed by atoms with Crippen LogP contribution in [0.4, 0.5) is 0 Å². The monoisotopic (exact) mass is 567 g/mol. The van der Waals surface area contributed by atoms with Gasteiger partial charge in [0, 0.05) is 33.9 Å². The summed E-state index contributed by atoms with van der Waals surface area (Å²) < 4.78 is 0. The van der Waals surface area contributed by atoms with Gasteiger partial charge in [-0.1, -0.05) is 49.6 Å². The van der Waals surface area contributed by atoms with E-state index in [2.05, 4.69) is 5.32 Å². The Balaban J connectivity index is 1.63. The summed E-state index contributed by atoms with van der Waals surface area (Å²) >= 11 is 1.49. The molecule has 218 valence electrons. The SMILES string of the molecule is Cc1c(O)cccc1C(=O)C(CSc1ccccc1)C(O)C(N)N1CC2CCCCC2CC1C(=O)NC(C)(C)C. The molecular formula is C32H45N3O4S. The number of likely N-dealkylation sites (tertiary alicyclic amines) is 1. The third-order valence-electron chi connectivity index (χ3n) is 8.46. The van der Waals surface area contributed by atoms with Crippen LogP contribution in [0.25, 0.3) is 0 Å². The summed E-state index contributed by atoms with van der Waals surface area (Å²) in [4.78, 5) is 30.5. The highest BCUT2D eigenvalue weighted by atomic mass is 32.2. The van der Waals surface area contributed by atoms with E-state index in [0.717, 1.165) is 24.2 Å². The van der Waals surface area contributed by atoms with E-state index in [9.17, 15) is 19.8 Å². The van der Waals surface area contributed by atoms with E-state index in [0.29, 0.717) is 41.7 Å². The fraction of sp³-hybridized carbons (Fsp3) is 0.562. The molecule has 2 aromatic carbocycles. The van der Waals surface area contributed by atoms with Crippen LogP contribution in [0.5, 0.6) is 5.75 Å². The van der Waals surface area contributed by atoms with Crippen molar-refractivity contribution >= 4 is 23.5 Å². The van der Waals surface area contributed by atoms with Crippen LogP contribution >= 0.6 is 11.8 Å². The first kappa shape index (κ1) is 30.6. The largest absolute Gasteiger partial charge is 0.508 e. The predicted molar refractivity (Wildman–Crippen MR) is 160 cm³/mol. The molecule has 8 heteroatoms. The molecule has 1 amide bonds. The maximum absolute atomic E-state index is 14.0. The van der Waals surface area contributed by atoms with Gasteiger partial charge in [-0.3, -0.25) is 14.5 Å². The topological polar surface area (TPSA) is 116 Å². The molecule has 6 unspecified atom stereocenters. The normalized spacial score (nSPS) is 24.0. The van der Waals surface area contributed by atoms with E-state index in [1.165, 1.54) is 18.2 Å². The van der Waals surface area contributed by atoms with Crippen molar-refractivity contribution < 1.29 is 19.8 Å². The number of carbonyl (C=O) groups excluding carboxylic acids is 2. The van der Waals surface area contributed by atoms with Crippen LogP contribution in [0.15, 0.2) is 53.4 Å². The first-order chi connectivity index (χ1) is 19.0. The molecule has 1 aliphatic heterocycles. The number of amides is 1. The highest BCUT2D eigenvalue weighted by Gasteiger charge is 2.45. The van der Waals surface area contributed by atoms with Crippen molar-refractivity contribution in [2.75, 3.05) is 12.3 Å². The van der Waals surface area contributed by atoms with Gasteiger partial charge in [0.25, 0.3) is 0 Å². The summed E-state index contributed by atoms with van der Waals surface area (Å²) in [6.07, 6.45) is 3.14. The van der Waals surface area contributed by atoms with Crippen molar-refractivity contribution in [2.45, 2.75) is 88.5 Å². The van der Waals surface area contributed by atoms with E-state index in [1.807, 2.05) is 56.0 Å². The van der Waals surface area contributed by atoms with Gasteiger partial charge in [0.1, 0.15) is 5.75 Å². The number of phenols is 1. The van der Waals surface area contributed by atoms with Gasteiger partial charge in [-0.25, -0.2) is 0 Å². The van der Waals surface area contributed by atoms with E-state index in [-0.39, 0.29) is 17.4 Å². The minimum absolute atomic E-state index is 0.0392. The second-order valence-corrected chi connectivity index (χ2v) is 13.6.